The van der Waals surface area contributed by atoms with Crippen molar-refractivity contribution in [1.82, 2.24) is 9.97 Å². The third-order valence-corrected chi connectivity index (χ3v) is 2.32. The van der Waals surface area contributed by atoms with Gasteiger partial charge in [-0.25, -0.2) is 4.98 Å². The fraction of sp³-hybridized carbons (Fsp3) is 0.250. The number of nitrogens with one attached hydrogen (secondary N) is 1. The summed E-state index contributed by atoms with van der Waals surface area (Å²) in [5.74, 6) is -0.0572. The van der Waals surface area contributed by atoms with Crippen molar-refractivity contribution < 1.29 is 9.53 Å². The zero-order valence-corrected chi connectivity index (χ0v) is 9.61. The van der Waals surface area contributed by atoms with Gasteiger partial charge in [-0.15, -0.1) is 0 Å². The van der Waals surface area contributed by atoms with Crippen LogP contribution in [0.5, 0.6) is 0 Å². The second kappa shape index (κ2) is 4.37. The maximum Gasteiger partial charge on any atom is 0.303 e. The summed E-state index contributed by atoms with van der Waals surface area (Å²) in [5.41, 5.74) is 1.37. The normalized spacial score (nSPS) is 10.5. The standard InChI is InChI=1S/C12H12N2O3/c1-7-3-4-10-9(5-7)12(16)14-11(13-10)6-17-8(2)15/h3-5H,6H2,1-2H3,(H,13,14,16). The number of esters is 1. The van der Waals surface area contributed by atoms with Gasteiger partial charge in [0.2, 0.25) is 0 Å². The van der Waals surface area contributed by atoms with E-state index in [-0.39, 0.29) is 12.2 Å². The van der Waals surface area contributed by atoms with Crippen LogP contribution in [0.2, 0.25) is 0 Å². The van der Waals surface area contributed by atoms with Crippen LogP contribution in [0, 0.1) is 6.92 Å². The molecular weight excluding hydrogens is 220 g/mol. The lowest BCUT2D eigenvalue weighted by molar-refractivity contribution is -0.142. The van der Waals surface area contributed by atoms with Crippen molar-refractivity contribution in [1.29, 1.82) is 0 Å². The summed E-state index contributed by atoms with van der Waals surface area (Å²) in [4.78, 5) is 29.2. The van der Waals surface area contributed by atoms with Crippen molar-refractivity contribution in [2.24, 2.45) is 0 Å². The molecule has 0 unspecified atom stereocenters. The van der Waals surface area contributed by atoms with Crippen LogP contribution in [0.1, 0.15) is 18.3 Å². The molecule has 88 valence electrons. The Kier molecular flexibility index (Phi) is 2.91. The van der Waals surface area contributed by atoms with Crippen LogP contribution in [0.3, 0.4) is 0 Å². The van der Waals surface area contributed by atoms with Crippen LogP contribution < -0.4 is 5.56 Å². The minimum Gasteiger partial charge on any atom is -0.458 e. The van der Waals surface area contributed by atoms with Gasteiger partial charge >= 0.3 is 5.97 Å². The molecule has 1 aromatic carbocycles. The molecule has 0 aliphatic heterocycles. The lowest BCUT2D eigenvalue weighted by Crippen LogP contribution is -2.13. The van der Waals surface area contributed by atoms with Crippen molar-refractivity contribution >= 4 is 16.9 Å². The van der Waals surface area contributed by atoms with E-state index in [1.165, 1.54) is 6.92 Å². The number of ether oxygens (including phenoxy) is 1. The number of H-pyrrole nitrogens is 1. The van der Waals surface area contributed by atoms with Crippen LogP contribution >= 0.6 is 0 Å². The number of benzene rings is 1. The summed E-state index contributed by atoms with van der Waals surface area (Å²) >= 11 is 0. The first-order chi connectivity index (χ1) is 8.06. The number of hydrogen-bond acceptors (Lipinski definition) is 4. The number of aromatic amines is 1. The molecule has 0 saturated carbocycles. The first kappa shape index (κ1) is 11.3. The summed E-state index contributed by atoms with van der Waals surface area (Å²) in [7, 11) is 0. The van der Waals surface area contributed by atoms with E-state index in [1.54, 1.807) is 12.1 Å². The van der Waals surface area contributed by atoms with E-state index < -0.39 is 5.97 Å². The fourth-order valence-electron chi connectivity index (χ4n) is 1.54. The number of aryl methyl sites for hydroxylation is 1. The smallest absolute Gasteiger partial charge is 0.303 e. The zero-order valence-electron chi connectivity index (χ0n) is 9.61. The van der Waals surface area contributed by atoms with Gasteiger partial charge in [0.25, 0.3) is 5.56 Å². The minimum atomic E-state index is -0.406. The maximum absolute atomic E-state index is 11.8. The second-order valence-electron chi connectivity index (χ2n) is 3.81. The van der Waals surface area contributed by atoms with Gasteiger partial charge in [0.1, 0.15) is 12.4 Å². The van der Waals surface area contributed by atoms with E-state index in [9.17, 15) is 9.59 Å². The second-order valence-corrected chi connectivity index (χ2v) is 3.81. The van der Waals surface area contributed by atoms with Crippen LogP contribution in [-0.4, -0.2) is 15.9 Å². The minimum absolute atomic E-state index is 0.0195. The number of carbonyl (C=O) groups excluding carboxylic acids is 1. The van der Waals surface area contributed by atoms with Crippen LogP contribution in [-0.2, 0) is 16.1 Å². The zero-order chi connectivity index (χ0) is 12.4. The quantitative estimate of drug-likeness (QED) is 0.792. The molecule has 5 nitrogen and oxygen atoms in total. The summed E-state index contributed by atoms with van der Waals surface area (Å²) in [6, 6.07) is 5.43. The maximum atomic E-state index is 11.8. The molecule has 1 N–H and O–H groups in total. The van der Waals surface area contributed by atoms with Gasteiger partial charge in [-0.3, -0.25) is 9.59 Å². The molecule has 2 rings (SSSR count). The Morgan fingerprint density at radius 3 is 2.94 bits per heavy atom. The van der Waals surface area contributed by atoms with Gasteiger partial charge in [0, 0.05) is 6.92 Å². The molecule has 0 aliphatic rings. The molecule has 0 amide bonds. The highest BCUT2D eigenvalue weighted by Crippen LogP contribution is 2.09. The number of nitrogens with zero attached hydrogens (tertiary/aromatic N) is 1. The van der Waals surface area contributed by atoms with Crippen LogP contribution in [0.25, 0.3) is 10.9 Å². The van der Waals surface area contributed by atoms with Crippen molar-refractivity contribution in [2.45, 2.75) is 20.5 Å². The van der Waals surface area contributed by atoms with Gasteiger partial charge in [-0.1, -0.05) is 11.6 Å². The van der Waals surface area contributed by atoms with Crippen molar-refractivity contribution in [3.8, 4) is 0 Å². The Hall–Kier alpha value is -2.17. The van der Waals surface area contributed by atoms with Gasteiger partial charge in [0.15, 0.2) is 0 Å². The monoisotopic (exact) mass is 232 g/mol. The average Bonchev–Trinajstić information content (AvgIpc) is 2.27. The fourth-order valence-corrected chi connectivity index (χ4v) is 1.54. The third-order valence-electron chi connectivity index (χ3n) is 2.32. The van der Waals surface area contributed by atoms with E-state index in [0.717, 1.165) is 5.56 Å². The predicted molar refractivity (Wildman–Crippen MR) is 62.6 cm³/mol. The Morgan fingerprint density at radius 1 is 1.47 bits per heavy atom. The highest BCUT2D eigenvalue weighted by atomic mass is 16.5. The van der Waals surface area contributed by atoms with E-state index in [2.05, 4.69) is 9.97 Å². The first-order valence-corrected chi connectivity index (χ1v) is 5.19. The van der Waals surface area contributed by atoms with Gasteiger partial charge in [0.05, 0.1) is 10.9 Å². The highest BCUT2D eigenvalue weighted by molar-refractivity contribution is 5.78. The van der Waals surface area contributed by atoms with Gasteiger partial charge in [-0.2, -0.15) is 0 Å². The highest BCUT2D eigenvalue weighted by Gasteiger charge is 2.05. The average molecular weight is 232 g/mol. The van der Waals surface area contributed by atoms with Crippen molar-refractivity contribution in [3.05, 3.63) is 39.9 Å². The molecule has 1 aromatic heterocycles. The summed E-state index contributed by atoms with van der Waals surface area (Å²) in [6.45, 7) is 3.20. The molecule has 0 aliphatic carbocycles. The Labute approximate surface area is 97.4 Å². The van der Waals surface area contributed by atoms with Gasteiger partial charge < -0.3 is 9.72 Å². The van der Waals surface area contributed by atoms with E-state index in [1.807, 2.05) is 13.0 Å². The molecule has 0 bridgehead atoms. The number of rotatable bonds is 2. The van der Waals surface area contributed by atoms with E-state index in [0.29, 0.717) is 16.7 Å². The number of aromatic nitrogens is 2. The van der Waals surface area contributed by atoms with Crippen molar-refractivity contribution in [3.63, 3.8) is 0 Å². The number of carbonyl (C=O) groups is 1. The lowest BCUT2D eigenvalue weighted by atomic mass is 10.2. The SMILES string of the molecule is CC(=O)OCc1nc2ccc(C)cc2c(=O)[nH]1. The van der Waals surface area contributed by atoms with Gasteiger partial charge in [-0.05, 0) is 19.1 Å². The molecule has 17 heavy (non-hydrogen) atoms. The molecule has 0 spiro atoms. The first-order valence-electron chi connectivity index (χ1n) is 5.19. The van der Waals surface area contributed by atoms with Crippen molar-refractivity contribution in [2.75, 3.05) is 0 Å². The topological polar surface area (TPSA) is 72.0 Å². The molecule has 2 aromatic rings. The third kappa shape index (κ3) is 2.50. The molecule has 5 heteroatoms. The van der Waals surface area contributed by atoms with E-state index >= 15 is 0 Å². The molecular formula is C12H12N2O3. The predicted octanol–water partition coefficient (Wildman–Crippen LogP) is 1.29. The number of fused-ring (bicyclic) bond motifs is 1. The molecule has 0 radical (unpaired) electrons. The molecule has 0 saturated heterocycles. The summed E-state index contributed by atoms with van der Waals surface area (Å²) < 4.78 is 4.78. The van der Waals surface area contributed by atoms with Crippen LogP contribution in [0.4, 0.5) is 0 Å². The Balaban J connectivity index is 2.45. The van der Waals surface area contributed by atoms with Crippen LogP contribution in [0.15, 0.2) is 23.0 Å². The summed E-state index contributed by atoms with van der Waals surface area (Å²) in [5, 5.41) is 0.538. The Bertz CT molecular complexity index is 631. The lowest BCUT2D eigenvalue weighted by Gasteiger charge is -2.03. The summed E-state index contributed by atoms with van der Waals surface area (Å²) in [6.07, 6.45) is 0. The molecule has 0 fully saturated rings. The largest absolute Gasteiger partial charge is 0.458 e. The number of hydrogen-bond donors (Lipinski definition) is 1. The molecule has 0 atom stereocenters. The Morgan fingerprint density at radius 2 is 2.24 bits per heavy atom. The molecule has 1 heterocycles. The van der Waals surface area contributed by atoms with E-state index in [4.69, 9.17) is 4.74 Å².